The fourth-order valence-electron chi connectivity index (χ4n) is 2.90. The Morgan fingerprint density at radius 2 is 1.95 bits per heavy atom. The summed E-state index contributed by atoms with van der Waals surface area (Å²) in [6.07, 6.45) is 0.893. The van der Waals surface area contributed by atoms with E-state index < -0.39 is 18.0 Å². The SMILES string of the molecule is CC(C)[C@H]1CC[C@@H](C(=O)O)CN1C(=O)OCc1ccccc1. The maximum Gasteiger partial charge on any atom is 0.410 e. The number of rotatable bonds is 4. The van der Waals surface area contributed by atoms with Crippen LogP contribution in [0.3, 0.4) is 0 Å². The minimum Gasteiger partial charge on any atom is -0.481 e. The molecule has 0 aromatic heterocycles. The van der Waals surface area contributed by atoms with Crippen LogP contribution in [0.2, 0.25) is 0 Å². The van der Waals surface area contributed by atoms with E-state index in [0.29, 0.717) is 12.8 Å². The number of amides is 1. The third-order valence-electron chi connectivity index (χ3n) is 4.19. The number of hydrogen-bond donors (Lipinski definition) is 1. The summed E-state index contributed by atoms with van der Waals surface area (Å²) in [5, 5.41) is 9.19. The predicted molar refractivity (Wildman–Crippen MR) is 82.3 cm³/mol. The lowest BCUT2D eigenvalue weighted by Crippen LogP contribution is -2.50. The van der Waals surface area contributed by atoms with E-state index in [1.807, 2.05) is 44.2 Å². The molecule has 1 amide bonds. The van der Waals surface area contributed by atoms with Gasteiger partial charge in [-0.3, -0.25) is 4.79 Å². The molecule has 1 aromatic rings. The molecule has 1 aliphatic rings. The zero-order valence-electron chi connectivity index (χ0n) is 13.1. The molecule has 0 bridgehead atoms. The van der Waals surface area contributed by atoms with Crippen LogP contribution in [0.5, 0.6) is 0 Å². The number of carboxylic acid groups (broad SMARTS) is 1. The minimum atomic E-state index is -0.844. The third kappa shape index (κ3) is 4.00. The Hall–Kier alpha value is -2.04. The van der Waals surface area contributed by atoms with Crippen molar-refractivity contribution in [2.45, 2.75) is 39.3 Å². The normalized spacial score (nSPS) is 21.7. The highest BCUT2D eigenvalue weighted by Gasteiger charge is 2.36. The van der Waals surface area contributed by atoms with Gasteiger partial charge in [0.25, 0.3) is 0 Å². The van der Waals surface area contributed by atoms with Crippen LogP contribution in [0.25, 0.3) is 0 Å². The number of carboxylic acids is 1. The number of benzene rings is 1. The lowest BCUT2D eigenvalue weighted by Gasteiger charge is -2.39. The van der Waals surface area contributed by atoms with E-state index in [2.05, 4.69) is 0 Å². The highest BCUT2D eigenvalue weighted by Crippen LogP contribution is 2.27. The number of ether oxygens (including phenoxy) is 1. The van der Waals surface area contributed by atoms with Crippen molar-refractivity contribution >= 4 is 12.1 Å². The maximum atomic E-state index is 12.4. The molecule has 0 unspecified atom stereocenters. The molecule has 1 fully saturated rings. The molecular weight excluding hydrogens is 282 g/mol. The van der Waals surface area contributed by atoms with Crippen molar-refractivity contribution in [3.05, 3.63) is 35.9 Å². The second-order valence-electron chi connectivity index (χ2n) is 6.12. The van der Waals surface area contributed by atoms with Gasteiger partial charge in [0.15, 0.2) is 0 Å². The first-order valence-corrected chi connectivity index (χ1v) is 7.69. The van der Waals surface area contributed by atoms with Crippen LogP contribution in [-0.2, 0) is 16.1 Å². The molecular formula is C17H23NO4. The fourth-order valence-corrected chi connectivity index (χ4v) is 2.90. The van der Waals surface area contributed by atoms with Gasteiger partial charge in [0.05, 0.1) is 5.92 Å². The fraction of sp³-hybridized carbons (Fsp3) is 0.529. The van der Waals surface area contributed by atoms with Crippen molar-refractivity contribution in [1.29, 1.82) is 0 Å². The molecule has 1 aromatic carbocycles. The summed E-state index contributed by atoms with van der Waals surface area (Å²) in [5.41, 5.74) is 0.920. The quantitative estimate of drug-likeness (QED) is 0.928. The van der Waals surface area contributed by atoms with Crippen LogP contribution in [0, 0.1) is 11.8 Å². The zero-order valence-corrected chi connectivity index (χ0v) is 13.1. The molecule has 0 aliphatic carbocycles. The number of carbonyl (C=O) groups is 2. The highest BCUT2D eigenvalue weighted by atomic mass is 16.6. The molecule has 1 aliphatic heterocycles. The van der Waals surface area contributed by atoms with Crippen molar-refractivity contribution in [2.75, 3.05) is 6.54 Å². The Labute approximate surface area is 130 Å². The van der Waals surface area contributed by atoms with Gasteiger partial charge in [0, 0.05) is 12.6 Å². The van der Waals surface area contributed by atoms with Gasteiger partial charge in [-0.2, -0.15) is 0 Å². The van der Waals surface area contributed by atoms with Crippen LogP contribution in [0.15, 0.2) is 30.3 Å². The summed E-state index contributed by atoms with van der Waals surface area (Å²) in [6, 6.07) is 9.51. The second kappa shape index (κ2) is 7.29. The van der Waals surface area contributed by atoms with E-state index in [9.17, 15) is 14.7 Å². The lowest BCUT2D eigenvalue weighted by atomic mass is 9.87. The smallest absolute Gasteiger partial charge is 0.410 e. The Kier molecular flexibility index (Phi) is 5.41. The van der Waals surface area contributed by atoms with E-state index in [0.717, 1.165) is 5.56 Å². The van der Waals surface area contributed by atoms with Crippen molar-refractivity contribution in [3.8, 4) is 0 Å². The number of nitrogens with zero attached hydrogens (tertiary/aromatic N) is 1. The molecule has 0 saturated carbocycles. The van der Waals surface area contributed by atoms with E-state index >= 15 is 0 Å². The Morgan fingerprint density at radius 3 is 2.55 bits per heavy atom. The summed E-state index contributed by atoms with van der Waals surface area (Å²) in [5.74, 6) is -1.07. The topological polar surface area (TPSA) is 66.8 Å². The van der Waals surface area contributed by atoms with E-state index in [-0.39, 0.29) is 25.1 Å². The van der Waals surface area contributed by atoms with Gasteiger partial charge in [-0.15, -0.1) is 0 Å². The molecule has 120 valence electrons. The predicted octanol–water partition coefficient (Wildman–Crippen LogP) is 3.14. The third-order valence-corrected chi connectivity index (χ3v) is 4.19. The molecule has 2 rings (SSSR count). The number of likely N-dealkylation sites (tertiary alicyclic amines) is 1. The molecule has 5 nitrogen and oxygen atoms in total. The largest absolute Gasteiger partial charge is 0.481 e. The van der Waals surface area contributed by atoms with E-state index in [4.69, 9.17) is 4.74 Å². The van der Waals surface area contributed by atoms with Gasteiger partial charge >= 0.3 is 12.1 Å². The first-order valence-electron chi connectivity index (χ1n) is 7.69. The van der Waals surface area contributed by atoms with Crippen LogP contribution < -0.4 is 0 Å². The zero-order chi connectivity index (χ0) is 16.1. The summed E-state index contributed by atoms with van der Waals surface area (Å²) >= 11 is 0. The molecule has 0 spiro atoms. The summed E-state index contributed by atoms with van der Waals surface area (Å²) in [4.78, 5) is 25.2. The molecule has 2 atom stereocenters. The van der Waals surface area contributed by atoms with Crippen molar-refractivity contribution in [3.63, 3.8) is 0 Å². The molecule has 0 radical (unpaired) electrons. The van der Waals surface area contributed by atoms with E-state index in [1.54, 1.807) is 4.90 Å². The van der Waals surface area contributed by atoms with E-state index in [1.165, 1.54) is 0 Å². The summed E-state index contributed by atoms with van der Waals surface area (Å²) in [7, 11) is 0. The number of hydrogen-bond acceptors (Lipinski definition) is 3. The number of aliphatic carboxylic acids is 1. The van der Waals surface area contributed by atoms with Crippen LogP contribution >= 0.6 is 0 Å². The average molecular weight is 305 g/mol. The molecule has 5 heteroatoms. The highest BCUT2D eigenvalue weighted by molar-refractivity contribution is 5.73. The van der Waals surface area contributed by atoms with Crippen LogP contribution in [0.4, 0.5) is 4.79 Å². The first kappa shape index (κ1) is 16.3. The van der Waals surface area contributed by atoms with Crippen molar-refractivity contribution in [2.24, 2.45) is 11.8 Å². The van der Waals surface area contributed by atoms with Crippen LogP contribution in [0.1, 0.15) is 32.3 Å². The van der Waals surface area contributed by atoms with Gasteiger partial charge in [0.2, 0.25) is 0 Å². The number of piperidine rings is 1. The average Bonchev–Trinajstić information content (AvgIpc) is 2.52. The van der Waals surface area contributed by atoms with Crippen molar-refractivity contribution in [1.82, 2.24) is 4.90 Å². The Balaban J connectivity index is 2.01. The van der Waals surface area contributed by atoms with Crippen LogP contribution in [-0.4, -0.2) is 34.7 Å². The molecule has 1 heterocycles. The van der Waals surface area contributed by atoms with Gasteiger partial charge < -0.3 is 14.7 Å². The summed E-state index contributed by atoms with van der Waals surface area (Å²) in [6.45, 7) is 4.52. The maximum absolute atomic E-state index is 12.4. The standard InChI is InChI=1S/C17H23NO4/c1-12(2)15-9-8-14(16(19)20)10-18(15)17(21)22-11-13-6-4-3-5-7-13/h3-7,12,14-15H,8-11H2,1-2H3,(H,19,20)/t14-,15-/m1/s1. The van der Waals surface area contributed by atoms with Gasteiger partial charge in [-0.05, 0) is 24.3 Å². The minimum absolute atomic E-state index is 0.0406. The monoisotopic (exact) mass is 305 g/mol. The summed E-state index contributed by atoms with van der Waals surface area (Å²) < 4.78 is 5.37. The van der Waals surface area contributed by atoms with Gasteiger partial charge in [-0.25, -0.2) is 4.79 Å². The number of carbonyl (C=O) groups excluding carboxylic acids is 1. The lowest BCUT2D eigenvalue weighted by molar-refractivity contribution is -0.144. The Morgan fingerprint density at radius 1 is 1.27 bits per heavy atom. The molecule has 22 heavy (non-hydrogen) atoms. The first-order chi connectivity index (χ1) is 10.5. The molecule has 1 saturated heterocycles. The van der Waals surface area contributed by atoms with Crippen molar-refractivity contribution < 1.29 is 19.4 Å². The Bertz CT molecular complexity index is 515. The van der Waals surface area contributed by atoms with Gasteiger partial charge in [-0.1, -0.05) is 44.2 Å². The molecule has 1 N–H and O–H groups in total. The second-order valence-corrected chi connectivity index (χ2v) is 6.12. The van der Waals surface area contributed by atoms with Gasteiger partial charge in [0.1, 0.15) is 6.61 Å².